The monoisotopic (exact) mass is 418 g/mol. The average molecular weight is 419 g/mol. The van der Waals surface area contributed by atoms with Crippen LogP contribution in [0.5, 0.6) is 0 Å². The summed E-state index contributed by atoms with van der Waals surface area (Å²) in [5, 5.41) is 5.67. The van der Waals surface area contributed by atoms with Crippen LogP contribution in [0, 0.1) is 19.8 Å². The van der Waals surface area contributed by atoms with Crippen LogP contribution in [0.4, 0.5) is 10.5 Å². The van der Waals surface area contributed by atoms with Gasteiger partial charge in [-0.1, -0.05) is 32.0 Å². The summed E-state index contributed by atoms with van der Waals surface area (Å²) in [6.45, 7) is 12.2. The van der Waals surface area contributed by atoms with Gasteiger partial charge >= 0.3 is 6.09 Å². The summed E-state index contributed by atoms with van der Waals surface area (Å²) < 4.78 is 4.91. The largest absolute Gasteiger partial charge is 0.450 e. The second-order valence-electron chi connectivity index (χ2n) is 8.00. The molecular formula is C22H34N4O4. The van der Waals surface area contributed by atoms with Gasteiger partial charge in [0.05, 0.1) is 13.2 Å². The van der Waals surface area contributed by atoms with E-state index in [-0.39, 0.29) is 30.9 Å². The molecule has 3 amide bonds. The third-order valence-corrected chi connectivity index (χ3v) is 5.28. The summed E-state index contributed by atoms with van der Waals surface area (Å²) in [4.78, 5) is 40.9. The molecule has 0 radical (unpaired) electrons. The molecule has 0 spiro atoms. The number of anilines is 1. The molecule has 1 fully saturated rings. The molecule has 1 saturated heterocycles. The van der Waals surface area contributed by atoms with Crippen LogP contribution in [-0.2, 0) is 14.3 Å². The van der Waals surface area contributed by atoms with Crippen molar-refractivity contribution < 1.29 is 19.1 Å². The Hall–Kier alpha value is -2.61. The molecule has 2 N–H and O–H groups in total. The number of alkyl carbamates (subject to hydrolysis) is 1. The molecule has 166 valence electrons. The quantitative estimate of drug-likeness (QED) is 0.708. The molecule has 8 nitrogen and oxygen atoms in total. The average Bonchev–Trinajstić information content (AvgIpc) is 2.69. The van der Waals surface area contributed by atoms with Crippen LogP contribution in [0.15, 0.2) is 18.2 Å². The van der Waals surface area contributed by atoms with E-state index in [1.165, 1.54) is 0 Å². The molecule has 1 aromatic carbocycles. The molecule has 1 heterocycles. The number of piperazine rings is 1. The van der Waals surface area contributed by atoms with Gasteiger partial charge < -0.3 is 20.3 Å². The molecule has 2 rings (SSSR count). The van der Waals surface area contributed by atoms with Crippen LogP contribution in [0.1, 0.15) is 31.9 Å². The Bertz CT molecular complexity index is 737. The smallest absolute Gasteiger partial charge is 0.407 e. The summed E-state index contributed by atoms with van der Waals surface area (Å²) in [6.07, 6.45) is -0.577. The number of hydrogen-bond acceptors (Lipinski definition) is 5. The normalized spacial score (nSPS) is 15.6. The fourth-order valence-corrected chi connectivity index (χ4v) is 3.53. The zero-order chi connectivity index (χ0) is 22.3. The third kappa shape index (κ3) is 6.45. The minimum absolute atomic E-state index is 0.0527. The molecule has 1 atom stereocenters. The molecule has 8 heteroatoms. The second kappa shape index (κ2) is 11.0. The van der Waals surface area contributed by atoms with E-state index in [2.05, 4.69) is 10.6 Å². The van der Waals surface area contributed by atoms with Crippen molar-refractivity contribution in [3.05, 3.63) is 29.3 Å². The van der Waals surface area contributed by atoms with E-state index in [0.717, 1.165) is 16.8 Å². The minimum atomic E-state index is -0.622. The van der Waals surface area contributed by atoms with Crippen LogP contribution in [0.25, 0.3) is 0 Å². The highest BCUT2D eigenvalue weighted by Crippen LogP contribution is 2.19. The summed E-state index contributed by atoms with van der Waals surface area (Å²) in [6, 6.07) is 5.30. The topological polar surface area (TPSA) is 91.0 Å². The van der Waals surface area contributed by atoms with Gasteiger partial charge in [-0.3, -0.25) is 14.5 Å². The molecule has 30 heavy (non-hydrogen) atoms. The number of carbonyl (C=O) groups excluding carboxylic acids is 3. The first kappa shape index (κ1) is 23.7. The summed E-state index contributed by atoms with van der Waals surface area (Å²) in [5.74, 6) is -0.225. The lowest BCUT2D eigenvalue weighted by molar-refractivity contribution is -0.136. The predicted octanol–water partition coefficient (Wildman–Crippen LogP) is 2.16. The van der Waals surface area contributed by atoms with E-state index in [0.29, 0.717) is 26.2 Å². The van der Waals surface area contributed by atoms with Gasteiger partial charge in [0.2, 0.25) is 11.8 Å². The molecule has 1 aliphatic rings. The maximum Gasteiger partial charge on any atom is 0.407 e. The Balaban J connectivity index is 1.86. The van der Waals surface area contributed by atoms with Crippen LogP contribution in [0.2, 0.25) is 0 Å². The Morgan fingerprint density at radius 3 is 2.20 bits per heavy atom. The molecule has 0 aliphatic carbocycles. The summed E-state index contributed by atoms with van der Waals surface area (Å²) in [5.41, 5.74) is 2.93. The van der Waals surface area contributed by atoms with Crippen molar-refractivity contribution in [3.8, 4) is 0 Å². The van der Waals surface area contributed by atoms with E-state index in [1.54, 1.807) is 11.8 Å². The van der Waals surface area contributed by atoms with Gasteiger partial charge in [0.1, 0.15) is 6.04 Å². The van der Waals surface area contributed by atoms with Crippen molar-refractivity contribution in [3.63, 3.8) is 0 Å². The highest BCUT2D eigenvalue weighted by atomic mass is 16.5. The van der Waals surface area contributed by atoms with Crippen LogP contribution >= 0.6 is 0 Å². The third-order valence-electron chi connectivity index (χ3n) is 5.28. The minimum Gasteiger partial charge on any atom is -0.450 e. The Labute approximate surface area is 178 Å². The zero-order valence-corrected chi connectivity index (χ0v) is 18.7. The molecule has 1 unspecified atom stereocenters. The molecule has 1 aromatic rings. The number of benzene rings is 1. The number of amides is 3. The van der Waals surface area contributed by atoms with Gasteiger partial charge in [-0.2, -0.15) is 0 Å². The Morgan fingerprint density at radius 1 is 1.07 bits per heavy atom. The number of ether oxygens (including phenoxy) is 1. The zero-order valence-electron chi connectivity index (χ0n) is 18.7. The van der Waals surface area contributed by atoms with E-state index in [1.807, 2.05) is 50.8 Å². The van der Waals surface area contributed by atoms with Crippen molar-refractivity contribution >= 4 is 23.6 Å². The highest BCUT2D eigenvalue weighted by molar-refractivity contribution is 5.93. The summed E-state index contributed by atoms with van der Waals surface area (Å²) >= 11 is 0. The molecule has 0 aromatic heterocycles. The number of carbonyl (C=O) groups is 3. The van der Waals surface area contributed by atoms with E-state index >= 15 is 0 Å². The van der Waals surface area contributed by atoms with Crippen molar-refractivity contribution in [2.75, 3.05) is 44.6 Å². The lowest BCUT2D eigenvalue weighted by atomic mass is 10.0. The predicted molar refractivity (Wildman–Crippen MR) is 116 cm³/mol. The Kier molecular flexibility index (Phi) is 8.65. The SMILES string of the molecule is CCOC(=O)NC(C(=O)N1CCN(CC(=O)Nc2c(C)cccc2C)CC1)C(C)C. The maximum absolute atomic E-state index is 12.9. The molecule has 0 saturated carbocycles. The van der Waals surface area contributed by atoms with Gasteiger partial charge in [-0.25, -0.2) is 4.79 Å². The number of nitrogens with zero attached hydrogens (tertiary/aromatic N) is 2. The number of nitrogens with one attached hydrogen (secondary N) is 2. The van der Waals surface area contributed by atoms with Gasteiger partial charge in [0.25, 0.3) is 0 Å². The number of hydrogen-bond donors (Lipinski definition) is 2. The maximum atomic E-state index is 12.9. The molecule has 0 bridgehead atoms. The van der Waals surface area contributed by atoms with Crippen molar-refractivity contribution in [1.82, 2.24) is 15.1 Å². The molecule has 1 aliphatic heterocycles. The van der Waals surface area contributed by atoms with Crippen molar-refractivity contribution in [2.24, 2.45) is 5.92 Å². The highest BCUT2D eigenvalue weighted by Gasteiger charge is 2.31. The summed E-state index contributed by atoms with van der Waals surface area (Å²) in [7, 11) is 0. The van der Waals surface area contributed by atoms with Crippen LogP contribution < -0.4 is 10.6 Å². The lowest BCUT2D eigenvalue weighted by Crippen LogP contribution is -2.57. The number of para-hydroxylation sites is 1. The number of rotatable bonds is 7. The van der Waals surface area contributed by atoms with Crippen molar-refractivity contribution in [1.29, 1.82) is 0 Å². The van der Waals surface area contributed by atoms with Gasteiger partial charge in [-0.05, 0) is 37.8 Å². The standard InChI is InChI=1S/C22H34N4O4/c1-6-30-22(29)24-19(15(2)3)21(28)26-12-10-25(11-13-26)14-18(27)23-20-16(4)8-7-9-17(20)5/h7-9,15,19H,6,10-14H2,1-5H3,(H,23,27)(H,24,29). The van der Waals surface area contributed by atoms with Crippen molar-refractivity contribution in [2.45, 2.75) is 40.7 Å². The lowest BCUT2D eigenvalue weighted by Gasteiger charge is -2.36. The van der Waals surface area contributed by atoms with E-state index in [4.69, 9.17) is 4.74 Å². The fraction of sp³-hybridized carbons (Fsp3) is 0.591. The molecular weight excluding hydrogens is 384 g/mol. The van der Waals surface area contributed by atoms with Gasteiger partial charge in [0, 0.05) is 31.9 Å². The van der Waals surface area contributed by atoms with Gasteiger partial charge in [-0.15, -0.1) is 0 Å². The Morgan fingerprint density at radius 2 is 1.67 bits per heavy atom. The second-order valence-corrected chi connectivity index (χ2v) is 8.00. The first-order valence-electron chi connectivity index (χ1n) is 10.5. The number of aryl methyl sites for hydroxylation is 2. The van der Waals surface area contributed by atoms with Crippen LogP contribution in [0.3, 0.4) is 0 Å². The first-order chi connectivity index (χ1) is 14.2. The van der Waals surface area contributed by atoms with Gasteiger partial charge in [0.15, 0.2) is 0 Å². The van der Waals surface area contributed by atoms with E-state index in [9.17, 15) is 14.4 Å². The van der Waals surface area contributed by atoms with E-state index < -0.39 is 12.1 Å². The van der Waals surface area contributed by atoms with Crippen LogP contribution in [-0.4, -0.2) is 73.1 Å². The fourth-order valence-electron chi connectivity index (χ4n) is 3.53. The first-order valence-corrected chi connectivity index (χ1v) is 10.5.